The summed E-state index contributed by atoms with van der Waals surface area (Å²) in [7, 11) is -0.0641. The average molecular weight is 445 g/mol. The van der Waals surface area contributed by atoms with Crippen LogP contribution in [0.5, 0.6) is 0 Å². The Morgan fingerprint density at radius 2 is 1.93 bits per heavy atom. The summed E-state index contributed by atoms with van der Waals surface area (Å²) in [5, 5.41) is 10.3. The number of rotatable bonds is 4. The lowest BCUT2D eigenvalue weighted by atomic mass is 9.90. The summed E-state index contributed by atoms with van der Waals surface area (Å²) in [5.74, 6) is -1.68. The molecular weight excluding hydrogens is 421 g/mol. The Labute approximate surface area is 165 Å². The molecule has 2 saturated heterocycles. The van der Waals surface area contributed by atoms with Gasteiger partial charge in [-0.15, -0.1) is 11.3 Å². The molecule has 2 atom stereocenters. The zero-order valence-electron chi connectivity index (χ0n) is 15.5. The molecular formula is C15H23F3N4O4S2. The number of nitrogens with zero attached hydrogens (tertiary/aromatic N) is 4. The highest BCUT2D eigenvalue weighted by molar-refractivity contribution is 7.86. The molecule has 0 saturated carbocycles. The zero-order valence-corrected chi connectivity index (χ0v) is 17.1. The molecule has 3 heterocycles. The Hall–Kier alpha value is -1.28. The number of halogens is 3. The third-order valence-corrected chi connectivity index (χ3v) is 7.38. The Bertz CT molecular complexity index is 756. The van der Waals surface area contributed by atoms with Crippen LogP contribution >= 0.6 is 11.3 Å². The van der Waals surface area contributed by atoms with Crippen LogP contribution in [-0.2, 0) is 21.5 Å². The number of alkyl halides is 3. The fourth-order valence-electron chi connectivity index (χ4n) is 3.32. The molecule has 8 nitrogen and oxygen atoms in total. The van der Waals surface area contributed by atoms with Crippen molar-refractivity contribution in [3.63, 3.8) is 0 Å². The van der Waals surface area contributed by atoms with E-state index >= 15 is 0 Å². The van der Waals surface area contributed by atoms with E-state index < -0.39 is 22.4 Å². The first kappa shape index (κ1) is 23.0. The van der Waals surface area contributed by atoms with Gasteiger partial charge in [0.15, 0.2) is 0 Å². The topological polar surface area (TPSA) is 94.1 Å². The SMILES string of the molecule is CN(C)S(=O)(=O)N1CC[C@@H]2CN(Cc3nccs3)C[C@@H]2C1.O=C(O)C(F)(F)F. The van der Waals surface area contributed by atoms with Gasteiger partial charge in [-0.3, -0.25) is 4.90 Å². The van der Waals surface area contributed by atoms with Crippen LogP contribution in [0, 0.1) is 11.8 Å². The van der Waals surface area contributed by atoms with Crippen molar-refractivity contribution < 1.29 is 31.5 Å². The van der Waals surface area contributed by atoms with Gasteiger partial charge in [0.25, 0.3) is 10.2 Å². The van der Waals surface area contributed by atoms with Gasteiger partial charge in [0.05, 0.1) is 6.54 Å². The molecule has 0 aliphatic carbocycles. The van der Waals surface area contributed by atoms with Gasteiger partial charge in [0, 0.05) is 51.9 Å². The zero-order chi connectivity index (χ0) is 21.1. The molecule has 1 aromatic rings. The lowest BCUT2D eigenvalue weighted by Crippen LogP contribution is -2.47. The molecule has 0 spiro atoms. The van der Waals surface area contributed by atoms with Crippen LogP contribution in [0.2, 0.25) is 0 Å². The minimum Gasteiger partial charge on any atom is -0.475 e. The van der Waals surface area contributed by atoms with Gasteiger partial charge in [0.2, 0.25) is 0 Å². The van der Waals surface area contributed by atoms with Crippen LogP contribution in [-0.4, -0.2) is 84.4 Å². The highest BCUT2D eigenvalue weighted by Crippen LogP contribution is 2.33. The average Bonchev–Trinajstić information content (AvgIpc) is 3.22. The smallest absolute Gasteiger partial charge is 0.475 e. The molecule has 2 aliphatic rings. The monoisotopic (exact) mass is 444 g/mol. The van der Waals surface area contributed by atoms with Crippen LogP contribution < -0.4 is 0 Å². The van der Waals surface area contributed by atoms with Crippen molar-refractivity contribution in [3.05, 3.63) is 16.6 Å². The highest BCUT2D eigenvalue weighted by Gasteiger charge is 2.41. The maximum atomic E-state index is 12.2. The second-order valence-corrected chi connectivity index (χ2v) is 10.0. The Balaban J connectivity index is 0.000000345. The molecule has 1 N–H and O–H groups in total. The van der Waals surface area contributed by atoms with Gasteiger partial charge in [-0.2, -0.15) is 30.2 Å². The molecule has 0 radical (unpaired) electrons. The molecule has 0 amide bonds. The Kier molecular flexibility index (Phi) is 7.42. The fourth-order valence-corrected chi connectivity index (χ4v) is 5.16. The van der Waals surface area contributed by atoms with Crippen LogP contribution in [0.15, 0.2) is 11.6 Å². The standard InChI is InChI=1S/C13H22N4O2S2.C2HF3O2/c1-15(2)21(18,19)17-5-3-11-7-16(8-12(11)9-17)10-13-14-4-6-20-13;3-2(4,5)1(6)7/h4,6,11-12H,3,5,7-10H2,1-2H3;(H,6,7)/t11-,12-;/m1./s1. The van der Waals surface area contributed by atoms with Crippen molar-refractivity contribution in [1.29, 1.82) is 0 Å². The minimum atomic E-state index is -5.08. The number of piperidine rings is 1. The number of carbonyl (C=O) groups is 1. The summed E-state index contributed by atoms with van der Waals surface area (Å²) >= 11 is 1.69. The molecule has 0 unspecified atom stereocenters. The number of aliphatic carboxylic acids is 1. The van der Waals surface area contributed by atoms with Crippen molar-refractivity contribution in [2.45, 2.75) is 19.1 Å². The second-order valence-electron chi connectivity index (χ2n) is 6.88. The van der Waals surface area contributed by atoms with Crippen LogP contribution in [0.1, 0.15) is 11.4 Å². The normalized spacial score (nSPS) is 23.9. The Morgan fingerprint density at radius 3 is 2.43 bits per heavy atom. The molecule has 2 aliphatic heterocycles. The number of likely N-dealkylation sites (tertiary alicyclic amines) is 1. The molecule has 2 fully saturated rings. The van der Waals surface area contributed by atoms with Crippen LogP contribution in [0.25, 0.3) is 0 Å². The number of aromatic nitrogens is 1. The van der Waals surface area contributed by atoms with E-state index in [0.717, 1.165) is 31.1 Å². The van der Waals surface area contributed by atoms with Crippen molar-refractivity contribution in [2.75, 3.05) is 40.3 Å². The first-order chi connectivity index (χ1) is 12.9. The van der Waals surface area contributed by atoms with Crippen molar-refractivity contribution in [1.82, 2.24) is 18.5 Å². The fraction of sp³-hybridized carbons (Fsp3) is 0.733. The van der Waals surface area contributed by atoms with E-state index in [2.05, 4.69) is 9.88 Å². The van der Waals surface area contributed by atoms with E-state index in [1.807, 2.05) is 11.6 Å². The Morgan fingerprint density at radius 1 is 1.32 bits per heavy atom. The summed E-state index contributed by atoms with van der Waals surface area (Å²) in [6.45, 7) is 4.24. The number of fused-ring (bicyclic) bond motifs is 1. The van der Waals surface area contributed by atoms with E-state index in [1.54, 1.807) is 29.7 Å². The first-order valence-electron chi connectivity index (χ1n) is 8.49. The van der Waals surface area contributed by atoms with E-state index in [9.17, 15) is 21.6 Å². The summed E-state index contributed by atoms with van der Waals surface area (Å²) in [6, 6.07) is 0. The summed E-state index contributed by atoms with van der Waals surface area (Å²) in [5.41, 5.74) is 0. The van der Waals surface area contributed by atoms with Gasteiger partial charge in [-0.05, 0) is 18.3 Å². The number of carboxylic acid groups (broad SMARTS) is 1. The van der Waals surface area contributed by atoms with Crippen molar-refractivity contribution in [3.8, 4) is 0 Å². The van der Waals surface area contributed by atoms with Gasteiger partial charge in [-0.1, -0.05) is 0 Å². The molecule has 1 aromatic heterocycles. The van der Waals surface area contributed by atoms with E-state index in [4.69, 9.17) is 9.90 Å². The highest BCUT2D eigenvalue weighted by atomic mass is 32.2. The lowest BCUT2D eigenvalue weighted by molar-refractivity contribution is -0.192. The first-order valence-corrected chi connectivity index (χ1v) is 10.8. The number of hydrogen-bond acceptors (Lipinski definition) is 6. The predicted molar refractivity (Wildman–Crippen MR) is 96.9 cm³/mol. The number of hydrogen-bond donors (Lipinski definition) is 1. The molecule has 13 heteroatoms. The minimum absolute atomic E-state index is 0.452. The van der Waals surface area contributed by atoms with Crippen LogP contribution in [0.4, 0.5) is 13.2 Å². The van der Waals surface area contributed by atoms with Crippen molar-refractivity contribution >= 4 is 27.5 Å². The molecule has 0 bridgehead atoms. The third kappa shape index (κ3) is 5.86. The quantitative estimate of drug-likeness (QED) is 0.753. The van der Waals surface area contributed by atoms with Gasteiger partial charge in [-0.25, -0.2) is 9.78 Å². The summed E-state index contributed by atoms with van der Waals surface area (Å²) in [6.07, 6.45) is -2.28. The van der Waals surface area contributed by atoms with E-state index in [0.29, 0.717) is 24.9 Å². The van der Waals surface area contributed by atoms with Gasteiger partial charge >= 0.3 is 12.1 Å². The third-order valence-electron chi connectivity index (χ3n) is 4.71. The molecule has 0 aromatic carbocycles. The molecule has 160 valence electrons. The van der Waals surface area contributed by atoms with Crippen molar-refractivity contribution in [2.24, 2.45) is 11.8 Å². The van der Waals surface area contributed by atoms with Gasteiger partial charge < -0.3 is 5.11 Å². The summed E-state index contributed by atoms with van der Waals surface area (Å²) < 4.78 is 59.2. The second kappa shape index (κ2) is 9.03. The number of thiazole rings is 1. The maximum Gasteiger partial charge on any atom is 0.490 e. The molecule has 28 heavy (non-hydrogen) atoms. The van der Waals surface area contributed by atoms with Gasteiger partial charge in [0.1, 0.15) is 5.01 Å². The van der Waals surface area contributed by atoms with E-state index in [-0.39, 0.29) is 0 Å². The van der Waals surface area contributed by atoms with Crippen LogP contribution in [0.3, 0.4) is 0 Å². The predicted octanol–water partition coefficient (Wildman–Crippen LogP) is 1.34. The van der Waals surface area contributed by atoms with E-state index in [1.165, 1.54) is 4.31 Å². The summed E-state index contributed by atoms with van der Waals surface area (Å²) in [4.78, 5) is 15.7. The number of carboxylic acids is 1. The molecule has 3 rings (SSSR count). The maximum absolute atomic E-state index is 12.2. The lowest BCUT2D eigenvalue weighted by Gasteiger charge is -2.34. The largest absolute Gasteiger partial charge is 0.490 e.